The minimum Gasteiger partial charge on any atom is -0.467 e. The number of hydrogen-bond donors (Lipinski definition) is 2. The molecule has 0 aliphatic heterocycles. The highest BCUT2D eigenvalue weighted by molar-refractivity contribution is 6.43. The quantitative estimate of drug-likeness (QED) is 0.566. The Balaban J connectivity index is 2.68. The van der Waals surface area contributed by atoms with E-state index in [1.54, 1.807) is 32.0 Å². The number of amides is 2. The molecule has 2 amide bonds. The van der Waals surface area contributed by atoms with Gasteiger partial charge in [0.15, 0.2) is 0 Å². The first-order valence-corrected chi connectivity index (χ1v) is 9.82. The van der Waals surface area contributed by atoms with Gasteiger partial charge < -0.3 is 15.4 Å². The zero-order valence-electron chi connectivity index (χ0n) is 16.9. The number of methoxy groups -OCH3 is 1. The predicted molar refractivity (Wildman–Crippen MR) is 112 cm³/mol. The van der Waals surface area contributed by atoms with E-state index in [-0.39, 0.29) is 35.6 Å². The van der Waals surface area contributed by atoms with E-state index in [9.17, 15) is 14.4 Å². The normalized spacial score (nSPS) is 12.4. The van der Waals surface area contributed by atoms with Crippen LogP contribution in [0.2, 0.25) is 10.0 Å². The van der Waals surface area contributed by atoms with Crippen molar-refractivity contribution < 1.29 is 19.1 Å². The molecule has 0 radical (unpaired) electrons. The fourth-order valence-electron chi connectivity index (χ4n) is 2.80. The molecule has 1 rings (SSSR count). The van der Waals surface area contributed by atoms with Crippen LogP contribution in [-0.2, 0) is 19.1 Å². The minimum atomic E-state index is -0.701. The molecule has 1 aromatic rings. The maximum atomic E-state index is 12.4. The van der Waals surface area contributed by atoms with Gasteiger partial charge in [0, 0.05) is 12.8 Å². The molecule has 0 aliphatic carbocycles. The van der Waals surface area contributed by atoms with Crippen molar-refractivity contribution in [1.29, 1.82) is 0 Å². The predicted octanol–water partition coefficient (Wildman–Crippen LogP) is 4.44. The summed E-state index contributed by atoms with van der Waals surface area (Å²) in [6.07, 6.45) is 0.651. The van der Waals surface area contributed by atoms with Crippen LogP contribution in [-0.4, -0.2) is 30.9 Å². The van der Waals surface area contributed by atoms with Gasteiger partial charge in [0.1, 0.15) is 6.04 Å². The summed E-state index contributed by atoms with van der Waals surface area (Å²) < 4.78 is 4.75. The highest BCUT2D eigenvalue weighted by Crippen LogP contribution is 2.31. The topological polar surface area (TPSA) is 84.5 Å². The van der Waals surface area contributed by atoms with Crippen molar-refractivity contribution in [2.24, 2.45) is 11.3 Å². The molecule has 1 unspecified atom stereocenters. The van der Waals surface area contributed by atoms with Crippen molar-refractivity contribution in [3.63, 3.8) is 0 Å². The number of carbonyl (C=O) groups is 3. The summed E-state index contributed by atoms with van der Waals surface area (Å²) in [6.45, 7) is 7.53. The zero-order chi connectivity index (χ0) is 21.5. The monoisotopic (exact) mass is 430 g/mol. The molecule has 0 fully saturated rings. The Hall–Kier alpha value is -1.79. The molecule has 0 saturated heterocycles. The lowest BCUT2D eigenvalue weighted by molar-refractivity contribution is -0.145. The minimum absolute atomic E-state index is 0.0787. The lowest BCUT2D eigenvalue weighted by atomic mass is 9.84. The van der Waals surface area contributed by atoms with Crippen molar-refractivity contribution in [2.45, 2.75) is 53.0 Å². The lowest BCUT2D eigenvalue weighted by Crippen LogP contribution is -2.43. The number of nitrogens with one attached hydrogen (secondary N) is 2. The Morgan fingerprint density at radius 3 is 2.29 bits per heavy atom. The van der Waals surface area contributed by atoms with E-state index in [2.05, 4.69) is 10.6 Å². The highest BCUT2D eigenvalue weighted by Gasteiger charge is 2.29. The molecule has 0 heterocycles. The van der Waals surface area contributed by atoms with Crippen LogP contribution in [0.4, 0.5) is 5.69 Å². The summed E-state index contributed by atoms with van der Waals surface area (Å²) in [7, 11) is 1.29. The summed E-state index contributed by atoms with van der Waals surface area (Å²) >= 11 is 12.0. The van der Waals surface area contributed by atoms with E-state index in [4.69, 9.17) is 27.9 Å². The van der Waals surface area contributed by atoms with Crippen molar-refractivity contribution >= 4 is 46.7 Å². The van der Waals surface area contributed by atoms with Gasteiger partial charge in [-0.25, -0.2) is 4.79 Å². The van der Waals surface area contributed by atoms with Crippen LogP contribution in [0.15, 0.2) is 18.2 Å². The Bertz CT molecular complexity index is 720. The van der Waals surface area contributed by atoms with Crippen molar-refractivity contribution in [3.05, 3.63) is 28.2 Å². The third-order valence-corrected chi connectivity index (χ3v) is 4.85. The van der Waals surface area contributed by atoms with Gasteiger partial charge in [-0.2, -0.15) is 0 Å². The molecule has 0 aromatic heterocycles. The first-order valence-electron chi connectivity index (χ1n) is 9.06. The van der Waals surface area contributed by atoms with Gasteiger partial charge >= 0.3 is 5.97 Å². The smallest absolute Gasteiger partial charge is 0.328 e. The number of halogens is 2. The first-order chi connectivity index (χ1) is 12.9. The molecule has 2 N–H and O–H groups in total. The molecule has 0 aliphatic rings. The highest BCUT2D eigenvalue weighted by atomic mass is 35.5. The third kappa shape index (κ3) is 8.07. The molecule has 6 nitrogen and oxygen atoms in total. The Morgan fingerprint density at radius 1 is 1.11 bits per heavy atom. The number of rotatable bonds is 9. The van der Waals surface area contributed by atoms with E-state index < -0.39 is 17.4 Å². The summed E-state index contributed by atoms with van der Waals surface area (Å²) in [5.74, 6) is -0.859. The van der Waals surface area contributed by atoms with E-state index in [0.717, 1.165) is 0 Å². The van der Waals surface area contributed by atoms with Crippen LogP contribution in [0.3, 0.4) is 0 Å². The van der Waals surface area contributed by atoms with Crippen LogP contribution >= 0.6 is 23.2 Å². The van der Waals surface area contributed by atoms with E-state index in [1.165, 1.54) is 7.11 Å². The fourth-order valence-corrected chi connectivity index (χ4v) is 3.15. The van der Waals surface area contributed by atoms with Crippen LogP contribution in [0, 0.1) is 11.3 Å². The first kappa shape index (κ1) is 24.2. The van der Waals surface area contributed by atoms with Crippen LogP contribution < -0.4 is 10.6 Å². The van der Waals surface area contributed by atoms with Crippen LogP contribution in [0.25, 0.3) is 0 Å². The molecule has 0 spiro atoms. The largest absolute Gasteiger partial charge is 0.467 e. The maximum Gasteiger partial charge on any atom is 0.328 e. The third-order valence-electron chi connectivity index (χ3n) is 4.03. The molecular weight excluding hydrogens is 403 g/mol. The zero-order valence-corrected chi connectivity index (χ0v) is 18.4. The molecule has 0 bridgehead atoms. The molecular formula is C20H28Cl2N2O4. The number of ether oxygens (including phenoxy) is 1. The summed E-state index contributed by atoms with van der Waals surface area (Å²) in [6, 6.07) is 4.26. The fraction of sp³-hybridized carbons (Fsp3) is 0.550. The number of carbonyl (C=O) groups excluding carboxylic acids is 3. The number of hydrogen-bond acceptors (Lipinski definition) is 4. The van der Waals surface area contributed by atoms with Gasteiger partial charge in [-0.1, -0.05) is 57.0 Å². The standard InChI is InChI=1S/C20H28Cl2N2O4/c1-12(2)9-15(19(27)28-5)24-17(26)11-20(3,4)10-16(25)23-14-8-6-7-13(21)18(14)22/h6-8,12,15H,9-11H2,1-5H3,(H,23,25)(H,24,26). The van der Waals surface area contributed by atoms with E-state index in [0.29, 0.717) is 17.1 Å². The SMILES string of the molecule is COC(=O)C(CC(C)C)NC(=O)CC(C)(C)CC(=O)Nc1cccc(Cl)c1Cl. The second-order valence-electron chi connectivity index (χ2n) is 7.94. The average Bonchev–Trinajstić information content (AvgIpc) is 2.56. The van der Waals surface area contributed by atoms with Gasteiger partial charge in [0.25, 0.3) is 0 Å². The van der Waals surface area contributed by atoms with Crippen molar-refractivity contribution in [2.75, 3.05) is 12.4 Å². The molecule has 156 valence electrons. The molecule has 28 heavy (non-hydrogen) atoms. The summed E-state index contributed by atoms with van der Waals surface area (Å²) in [4.78, 5) is 36.7. The van der Waals surface area contributed by atoms with Crippen LogP contribution in [0.5, 0.6) is 0 Å². The van der Waals surface area contributed by atoms with Crippen LogP contribution in [0.1, 0.15) is 47.0 Å². The van der Waals surface area contributed by atoms with Gasteiger partial charge in [0.05, 0.1) is 22.8 Å². The van der Waals surface area contributed by atoms with Gasteiger partial charge in [-0.3, -0.25) is 9.59 Å². The molecule has 0 saturated carbocycles. The van der Waals surface area contributed by atoms with E-state index >= 15 is 0 Å². The molecule has 8 heteroatoms. The Labute approximate surface area is 176 Å². The van der Waals surface area contributed by atoms with E-state index in [1.807, 2.05) is 13.8 Å². The summed E-state index contributed by atoms with van der Waals surface area (Å²) in [5.41, 5.74) is -0.209. The van der Waals surface area contributed by atoms with Crippen molar-refractivity contribution in [3.8, 4) is 0 Å². The Morgan fingerprint density at radius 2 is 1.71 bits per heavy atom. The van der Waals surface area contributed by atoms with Gasteiger partial charge in [-0.05, 0) is 29.9 Å². The van der Waals surface area contributed by atoms with Gasteiger partial charge in [0.2, 0.25) is 11.8 Å². The number of benzene rings is 1. The number of esters is 1. The second kappa shape index (κ2) is 10.7. The number of anilines is 1. The second-order valence-corrected chi connectivity index (χ2v) is 8.73. The van der Waals surface area contributed by atoms with Gasteiger partial charge in [-0.15, -0.1) is 0 Å². The Kier molecular flexibility index (Phi) is 9.24. The molecule has 1 aromatic carbocycles. The molecule has 1 atom stereocenters. The van der Waals surface area contributed by atoms with Crippen molar-refractivity contribution in [1.82, 2.24) is 5.32 Å². The maximum absolute atomic E-state index is 12.4. The average molecular weight is 431 g/mol. The summed E-state index contributed by atoms with van der Waals surface area (Å²) in [5, 5.41) is 6.04. The lowest BCUT2D eigenvalue weighted by Gasteiger charge is -2.25.